The van der Waals surface area contributed by atoms with Gasteiger partial charge in [0.1, 0.15) is 0 Å². The van der Waals surface area contributed by atoms with Gasteiger partial charge in [0.05, 0.1) is 10.7 Å². The highest BCUT2D eigenvalue weighted by Crippen LogP contribution is 2.23. The zero-order valence-corrected chi connectivity index (χ0v) is 10.7. The number of rotatable bonds is 4. The van der Waals surface area contributed by atoms with E-state index in [0.717, 1.165) is 11.3 Å². The van der Waals surface area contributed by atoms with Crippen LogP contribution >= 0.6 is 11.6 Å². The summed E-state index contributed by atoms with van der Waals surface area (Å²) in [6.45, 7) is 0.653. The standard InChI is InChI=1S/C13H14ClN3O/c1-15-13(18)10-2-3-11(14)12(6-10)17-8-9-4-5-16-7-9/h2-7,16-17H,8H2,1H3,(H,15,18). The van der Waals surface area contributed by atoms with Gasteiger partial charge in [-0.15, -0.1) is 0 Å². The number of benzene rings is 1. The van der Waals surface area contributed by atoms with E-state index in [2.05, 4.69) is 15.6 Å². The lowest BCUT2D eigenvalue weighted by Gasteiger charge is -2.09. The Hall–Kier alpha value is -1.94. The van der Waals surface area contributed by atoms with Gasteiger partial charge < -0.3 is 15.6 Å². The summed E-state index contributed by atoms with van der Waals surface area (Å²) in [4.78, 5) is 14.5. The van der Waals surface area contributed by atoms with E-state index in [4.69, 9.17) is 11.6 Å². The maximum absolute atomic E-state index is 11.5. The Balaban J connectivity index is 2.13. The lowest BCUT2D eigenvalue weighted by Crippen LogP contribution is -2.17. The third-order valence-electron chi connectivity index (χ3n) is 2.60. The Bertz CT molecular complexity index is 537. The van der Waals surface area contributed by atoms with Crippen LogP contribution in [0, 0.1) is 0 Å². The van der Waals surface area contributed by atoms with Crippen molar-refractivity contribution in [1.82, 2.24) is 10.3 Å². The van der Waals surface area contributed by atoms with Gasteiger partial charge in [-0.2, -0.15) is 0 Å². The van der Waals surface area contributed by atoms with Crippen LogP contribution in [0.25, 0.3) is 0 Å². The monoisotopic (exact) mass is 263 g/mol. The van der Waals surface area contributed by atoms with Crippen LogP contribution in [0.3, 0.4) is 0 Å². The first-order valence-corrected chi connectivity index (χ1v) is 5.95. The van der Waals surface area contributed by atoms with Crippen LogP contribution in [0.2, 0.25) is 5.02 Å². The first kappa shape index (κ1) is 12.5. The van der Waals surface area contributed by atoms with Crippen LogP contribution in [0.1, 0.15) is 15.9 Å². The second-order valence-electron chi connectivity index (χ2n) is 3.85. The van der Waals surface area contributed by atoms with E-state index < -0.39 is 0 Å². The third-order valence-corrected chi connectivity index (χ3v) is 2.93. The molecule has 2 rings (SSSR count). The van der Waals surface area contributed by atoms with Crippen molar-refractivity contribution in [3.63, 3.8) is 0 Å². The second kappa shape index (κ2) is 5.60. The fraction of sp³-hybridized carbons (Fsp3) is 0.154. The highest BCUT2D eigenvalue weighted by molar-refractivity contribution is 6.33. The Morgan fingerprint density at radius 2 is 2.22 bits per heavy atom. The number of anilines is 1. The molecule has 0 aliphatic rings. The van der Waals surface area contributed by atoms with Gasteiger partial charge in [0, 0.05) is 31.5 Å². The minimum atomic E-state index is -0.128. The summed E-state index contributed by atoms with van der Waals surface area (Å²) in [5, 5.41) is 6.38. The Kier molecular flexibility index (Phi) is 3.89. The van der Waals surface area contributed by atoms with Crippen molar-refractivity contribution >= 4 is 23.2 Å². The molecule has 0 atom stereocenters. The number of aromatic amines is 1. The van der Waals surface area contributed by atoms with Crippen LogP contribution in [0.4, 0.5) is 5.69 Å². The number of carbonyl (C=O) groups is 1. The Morgan fingerprint density at radius 3 is 2.89 bits per heavy atom. The molecule has 4 nitrogen and oxygen atoms in total. The molecule has 1 aromatic heterocycles. The quantitative estimate of drug-likeness (QED) is 0.794. The first-order valence-electron chi connectivity index (χ1n) is 5.58. The number of hydrogen-bond donors (Lipinski definition) is 3. The fourth-order valence-electron chi connectivity index (χ4n) is 1.61. The summed E-state index contributed by atoms with van der Waals surface area (Å²) in [7, 11) is 1.60. The van der Waals surface area contributed by atoms with E-state index in [0.29, 0.717) is 17.1 Å². The van der Waals surface area contributed by atoms with Gasteiger partial charge in [0.15, 0.2) is 0 Å². The molecule has 18 heavy (non-hydrogen) atoms. The van der Waals surface area contributed by atoms with Crippen molar-refractivity contribution in [2.45, 2.75) is 6.54 Å². The number of carbonyl (C=O) groups excluding carboxylic acids is 1. The maximum Gasteiger partial charge on any atom is 0.251 e. The van der Waals surface area contributed by atoms with E-state index in [9.17, 15) is 4.79 Å². The molecule has 5 heteroatoms. The van der Waals surface area contributed by atoms with Gasteiger partial charge >= 0.3 is 0 Å². The summed E-state index contributed by atoms with van der Waals surface area (Å²) in [5.74, 6) is -0.128. The lowest BCUT2D eigenvalue weighted by atomic mass is 10.2. The molecule has 0 bridgehead atoms. The zero-order chi connectivity index (χ0) is 13.0. The van der Waals surface area contributed by atoms with E-state index >= 15 is 0 Å². The van der Waals surface area contributed by atoms with Crippen molar-refractivity contribution in [1.29, 1.82) is 0 Å². The molecule has 0 unspecified atom stereocenters. The molecule has 3 N–H and O–H groups in total. The van der Waals surface area contributed by atoms with Crippen LogP contribution < -0.4 is 10.6 Å². The smallest absolute Gasteiger partial charge is 0.251 e. The highest BCUT2D eigenvalue weighted by Gasteiger charge is 2.07. The molecule has 0 saturated carbocycles. The second-order valence-corrected chi connectivity index (χ2v) is 4.25. The van der Waals surface area contributed by atoms with Crippen LogP contribution in [-0.2, 0) is 6.54 Å². The molecule has 1 amide bonds. The SMILES string of the molecule is CNC(=O)c1ccc(Cl)c(NCc2cc[nH]c2)c1. The summed E-state index contributed by atoms with van der Waals surface area (Å²) < 4.78 is 0. The molecule has 1 heterocycles. The van der Waals surface area contributed by atoms with Crippen molar-refractivity contribution in [3.05, 3.63) is 52.8 Å². The molecule has 0 saturated heterocycles. The summed E-state index contributed by atoms with van der Waals surface area (Å²) in [5.41, 5.74) is 2.45. The van der Waals surface area contributed by atoms with Crippen molar-refractivity contribution in [2.75, 3.05) is 12.4 Å². The number of amides is 1. The Morgan fingerprint density at radius 1 is 1.39 bits per heavy atom. The average Bonchev–Trinajstić information content (AvgIpc) is 2.90. The van der Waals surface area contributed by atoms with Crippen LogP contribution in [0.5, 0.6) is 0 Å². The predicted molar refractivity (Wildman–Crippen MR) is 73.0 cm³/mol. The molecular weight excluding hydrogens is 250 g/mol. The average molecular weight is 264 g/mol. The molecule has 0 radical (unpaired) electrons. The molecular formula is C13H14ClN3O. The van der Waals surface area contributed by atoms with Gasteiger partial charge in [-0.05, 0) is 29.8 Å². The summed E-state index contributed by atoms with van der Waals surface area (Å²) in [6, 6.07) is 7.13. The fourth-order valence-corrected chi connectivity index (χ4v) is 1.80. The molecule has 0 fully saturated rings. The molecule has 0 aliphatic heterocycles. The van der Waals surface area contributed by atoms with Gasteiger partial charge in [0.2, 0.25) is 0 Å². The number of H-pyrrole nitrogens is 1. The van der Waals surface area contributed by atoms with Gasteiger partial charge in [-0.25, -0.2) is 0 Å². The summed E-state index contributed by atoms with van der Waals surface area (Å²) >= 11 is 6.08. The third kappa shape index (κ3) is 2.84. The van der Waals surface area contributed by atoms with Gasteiger partial charge in [-0.1, -0.05) is 11.6 Å². The van der Waals surface area contributed by atoms with E-state index in [1.54, 1.807) is 25.2 Å². The number of nitrogens with one attached hydrogen (secondary N) is 3. The molecule has 0 aliphatic carbocycles. The largest absolute Gasteiger partial charge is 0.380 e. The van der Waals surface area contributed by atoms with Crippen molar-refractivity contribution in [2.24, 2.45) is 0 Å². The maximum atomic E-state index is 11.5. The number of aromatic nitrogens is 1. The molecule has 0 spiro atoms. The van der Waals surface area contributed by atoms with Gasteiger partial charge in [0.25, 0.3) is 5.91 Å². The lowest BCUT2D eigenvalue weighted by molar-refractivity contribution is 0.0963. The minimum Gasteiger partial charge on any atom is -0.380 e. The Labute approximate surface area is 110 Å². The minimum absolute atomic E-state index is 0.128. The predicted octanol–water partition coefficient (Wildman–Crippen LogP) is 2.64. The first-order chi connectivity index (χ1) is 8.70. The molecule has 1 aromatic carbocycles. The normalized spacial score (nSPS) is 10.1. The van der Waals surface area contributed by atoms with Crippen LogP contribution in [-0.4, -0.2) is 17.9 Å². The van der Waals surface area contributed by atoms with Gasteiger partial charge in [-0.3, -0.25) is 4.79 Å². The molecule has 94 valence electrons. The topological polar surface area (TPSA) is 56.9 Å². The zero-order valence-electron chi connectivity index (χ0n) is 9.96. The number of halogens is 1. The van der Waals surface area contributed by atoms with E-state index in [1.807, 2.05) is 18.5 Å². The highest BCUT2D eigenvalue weighted by atomic mass is 35.5. The molecule has 2 aromatic rings. The van der Waals surface area contributed by atoms with Crippen molar-refractivity contribution in [3.8, 4) is 0 Å². The van der Waals surface area contributed by atoms with E-state index in [1.165, 1.54) is 0 Å². The van der Waals surface area contributed by atoms with Crippen LogP contribution in [0.15, 0.2) is 36.7 Å². The van der Waals surface area contributed by atoms with Crippen molar-refractivity contribution < 1.29 is 4.79 Å². The van der Waals surface area contributed by atoms with E-state index in [-0.39, 0.29) is 5.91 Å². The number of hydrogen-bond acceptors (Lipinski definition) is 2. The summed E-state index contributed by atoms with van der Waals surface area (Å²) in [6.07, 6.45) is 3.77.